The van der Waals surface area contributed by atoms with Crippen molar-refractivity contribution in [2.24, 2.45) is 0 Å². The molecule has 0 saturated carbocycles. The molecular weight excluding hydrogens is 180 g/mol. The van der Waals surface area contributed by atoms with Gasteiger partial charge >= 0.3 is 0 Å². The number of aromatic hydroxyl groups is 2. The molecule has 2 N–H and O–H groups in total. The van der Waals surface area contributed by atoms with Gasteiger partial charge in [-0.25, -0.2) is 0 Å². The van der Waals surface area contributed by atoms with Gasteiger partial charge in [-0.05, 0) is 31.0 Å². The summed E-state index contributed by atoms with van der Waals surface area (Å²) in [6, 6.07) is 3.06. The lowest BCUT2D eigenvalue weighted by atomic mass is 10.0. The molecule has 3 nitrogen and oxygen atoms in total. The van der Waals surface area contributed by atoms with Crippen LogP contribution in [0.3, 0.4) is 0 Å². The number of hydrogen-bond acceptors (Lipinski definition) is 3. The molecule has 0 saturated heterocycles. The van der Waals surface area contributed by atoms with Crippen LogP contribution in [0.2, 0.25) is 0 Å². The molecule has 0 aliphatic carbocycles. The lowest BCUT2D eigenvalue weighted by Crippen LogP contribution is -1.95. The zero-order valence-corrected chi connectivity index (χ0v) is 8.37. The van der Waals surface area contributed by atoms with E-state index >= 15 is 0 Å². The number of phenols is 2. The summed E-state index contributed by atoms with van der Waals surface area (Å²) < 4.78 is 0. The summed E-state index contributed by atoms with van der Waals surface area (Å²) in [5.41, 5.74) is 0.845. The van der Waals surface area contributed by atoms with Crippen molar-refractivity contribution >= 4 is 5.78 Å². The van der Waals surface area contributed by atoms with Crippen LogP contribution < -0.4 is 0 Å². The van der Waals surface area contributed by atoms with E-state index in [1.54, 1.807) is 0 Å². The molecule has 0 atom stereocenters. The Kier molecular flexibility index (Phi) is 3.12. The van der Waals surface area contributed by atoms with Gasteiger partial charge in [0.05, 0.1) is 0 Å². The zero-order chi connectivity index (χ0) is 10.7. The smallest absolute Gasteiger partial charge is 0.167 e. The minimum absolute atomic E-state index is 0.00449. The highest BCUT2D eigenvalue weighted by Crippen LogP contribution is 2.29. The van der Waals surface area contributed by atoms with Gasteiger partial charge in [-0.3, -0.25) is 4.79 Å². The van der Waals surface area contributed by atoms with Crippen molar-refractivity contribution in [1.82, 2.24) is 0 Å². The summed E-state index contributed by atoms with van der Waals surface area (Å²) in [6.07, 6.45) is 1.71. The van der Waals surface area contributed by atoms with Crippen LogP contribution >= 0.6 is 0 Å². The number of Topliss-reactive ketones (excluding diaryl/α,β-unsaturated/α-hetero) is 1. The molecule has 0 aromatic heterocycles. The van der Waals surface area contributed by atoms with Gasteiger partial charge in [-0.2, -0.15) is 0 Å². The molecule has 0 aliphatic rings. The maximum Gasteiger partial charge on any atom is 0.167 e. The van der Waals surface area contributed by atoms with Gasteiger partial charge in [0.2, 0.25) is 0 Å². The van der Waals surface area contributed by atoms with Crippen LogP contribution in [0.15, 0.2) is 12.1 Å². The lowest BCUT2D eigenvalue weighted by Gasteiger charge is -2.06. The summed E-state index contributed by atoms with van der Waals surface area (Å²) >= 11 is 0. The molecule has 3 heteroatoms. The van der Waals surface area contributed by atoms with Crippen molar-refractivity contribution in [1.29, 1.82) is 0 Å². The number of aryl methyl sites for hydroxylation is 1. The quantitative estimate of drug-likeness (QED) is 0.725. The Morgan fingerprint density at radius 1 is 1.29 bits per heavy atom. The molecule has 0 radical (unpaired) electrons. The van der Waals surface area contributed by atoms with Gasteiger partial charge in [0.15, 0.2) is 5.78 Å². The van der Waals surface area contributed by atoms with Crippen LogP contribution in [0.4, 0.5) is 0 Å². The summed E-state index contributed by atoms with van der Waals surface area (Å²) in [7, 11) is 0. The number of carbonyl (C=O) groups is 1. The molecule has 14 heavy (non-hydrogen) atoms. The van der Waals surface area contributed by atoms with Crippen molar-refractivity contribution in [3.8, 4) is 11.5 Å². The number of ketones is 1. The molecule has 1 aromatic carbocycles. The highest BCUT2D eigenvalue weighted by molar-refractivity contribution is 5.99. The van der Waals surface area contributed by atoms with Crippen molar-refractivity contribution in [3.05, 3.63) is 23.3 Å². The summed E-state index contributed by atoms with van der Waals surface area (Å²) in [5, 5.41) is 19.0. The van der Waals surface area contributed by atoms with Gasteiger partial charge < -0.3 is 10.2 Å². The second-order valence-corrected chi connectivity index (χ2v) is 3.32. The second kappa shape index (κ2) is 4.13. The van der Waals surface area contributed by atoms with Crippen molar-refractivity contribution < 1.29 is 15.0 Å². The average Bonchev–Trinajstić information content (AvgIpc) is 2.01. The van der Waals surface area contributed by atoms with Gasteiger partial charge in [0, 0.05) is 0 Å². The fourth-order valence-corrected chi connectivity index (χ4v) is 1.46. The molecule has 0 spiro atoms. The fourth-order valence-electron chi connectivity index (χ4n) is 1.46. The van der Waals surface area contributed by atoms with E-state index in [1.165, 1.54) is 19.1 Å². The molecule has 0 fully saturated rings. The number of rotatable bonds is 3. The van der Waals surface area contributed by atoms with E-state index in [2.05, 4.69) is 0 Å². The van der Waals surface area contributed by atoms with Gasteiger partial charge in [-0.15, -0.1) is 0 Å². The Bertz CT molecular complexity index is 333. The van der Waals surface area contributed by atoms with E-state index < -0.39 is 0 Å². The Balaban J connectivity index is 3.18. The van der Waals surface area contributed by atoms with E-state index in [1.807, 2.05) is 6.92 Å². The Morgan fingerprint density at radius 3 is 2.14 bits per heavy atom. The van der Waals surface area contributed by atoms with Crippen molar-refractivity contribution in [3.63, 3.8) is 0 Å². The normalized spacial score (nSPS) is 10.1. The number of hydrogen-bond donors (Lipinski definition) is 2. The van der Waals surface area contributed by atoms with Crippen molar-refractivity contribution in [2.75, 3.05) is 0 Å². The van der Waals surface area contributed by atoms with Gasteiger partial charge in [0.1, 0.15) is 17.1 Å². The van der Waals surface area contributed by atoms with Crippen LogP contribution in [0.25, 0.3) is 0 Å². The number of carbonyl (C=O) groups excluding carboxylic acids is 1. The van der Waals surface area contributed by atoms with E-state index in [-0.39, 0.29) is 22.8 Å². The Labute approximate surface area is 83.0 Å². The highest BCUT2D eigenvalue weighted by atomic mass is 16.3. The molecule has 0 unspecified atom stereocenters. The fraction of sp³-hybridized carbons (Fsp3) is 0.364. The molecule has 1 aromatic rings. The molecule has 0 amide bonds. The first-order valence-electron chi connectivity index (χ1n) is 4.62. The van der Waals surface area contributed by atoms with Gasteiger partial charge in [-0.1, -0.05) is 13.3 Å². The zero-order valence-electron chi connectivity index (χ0n) is 8.37. The number of benzene rings is 1. The largest absolute Gasteiger partial charge is 0.507 e. The Hall–Kier alpha value is -1.51. The molecule has 1 rings (SSSR count). The van der Waals surface area contributed by atoms with Crippen LogP contribution in [-0.4, -0.2) is 16.0 Å². The molecule has 0 aliphatic heterocycles. The van der Waals surface area contributed by atoms with Gasteiger partial charge in [0.25, 0.3) is 0 Å². The maximum absolute atomic E-state index is 11.0. The third kappa shape index (κ3) is 2.05. The van der Waals surface area contributed by atoms with E-state index in [0.717, 1.165) is 18.4 Å². The molecule has 0 heterocycles. The first kappa shape index (κ1) is 10.6. The van der Waals surface area contributed by atoms with Crippen LogP contribution in [0, 0.1) is 0 Å². The molecule has 76 valence electrons. The summed E-state index contributed by atoms with van der Waals surface area (Å²) in [6.45, 7) is 3.32. The minimum Gasteiger partial charge on any atom is -0.507 e. The van der Waals surface area contributed by atoms with Crippen LogP contribution in [0.1, 0.15) is 36.2 Å². The molecular formula is C11H14O3. The standard InChI is InChI=1S/C11H14O3/c1-3-4-8-5-9(13)11(7(2)12)10(14)6-8/h5-6,13-14H,3-4H2,1-2H3. The van der Waals surface area contributed by atoms with E-state index in [0.29, 0.717) is 0 Å². The molecule has 0 bridgehead atoms. The second-order valence-electron chi connectivity index (χ2n) is 3.32. The third-order valence-corrected chi connectivity index (χ3v) is 2.05. The SMILES string of the molecule is CCCc1cc(O)c(C(C)=O)c(O)c1. The first-order chi connectivity index (χ1) is 6.56. The number of phenolic OH excluding ortho intramolecular Hbond substituents is 2. The highest BCUT2D eigenvalue weighted by Gasteiger charge is 2.13. The monoisotopic (exact) mass is 194 g/mol. The topological polar surface area (TPSA) is 57.5 Å². The maximum atomic E-state index is 11.0. The van der Waals surface area contributed by atoms with Crippen molar-refractivity contribution in [2.45, 2.75) is 26.7 Å². The first-order valence-corrected chi connectivity index (χ1v) is 4.62. The van der Waals surface area contributed by atoms with Crippen LogP contribution in [-0.2, 0) is 6.42 Å². The Morgan fingerprint density at radius 2 is 1.79 bits per heavy atom. The predicted molar refractivity (Wildman–Crippen MR) is 53.8 cm³/mol. The van der Waals surface area contributed by atoms with E-state index in [4.69, 9.17) is 0 Å². The average molecular weight is 194 g/mol. The lowest BCUT2D eigenvalue weighted by molar-refractivity contribution is 0.101. The summed E-state index contributed by atoms with van der Waals surface area (Å²) in [5.74, 6) is -0.607. The predicted octanol–water partition coefficient (Wildman–Crippen LogP) is 2.25. The summed E-state index contributed by atoms with van der Waals surface area (Å²) in [4.78, 5) is 11.0. The third-order valence-electron chi connectivity index (χ3n) is 2.05. The van der Waals surface area contributed by atoms with E-state index in [9.17, 15) is 15.0 Å². The van der Waals surface area contributed by atoms with Crippen LogP contribution in [0.5, 0.6) is 11.5 Å². The minimum atomic E-state index is -0.331.